The summed E-state index contributed by atoms with van der Waals surface area (Å²) in [5, 5.41) is 10.0. The third-order valence-corrected chi connectivity index (χ3v) is 4.94. The normalized spacial score (nSPS) is 10.9. The minimum atomic E-state index is -0.421. The molecule has 7 heteroatoms. The number of benzene rings is 2. The third kappa shape index (κ3) is 4.44. The third-order valence-electron chi connectivity index (χ3n) is 4.68. The van der Waals surface area contributed by atoms with Crippen LogP contribution < -0.4 is 4.74 Å². The molecule has 0 spiro atoms. The molecule has 29 heavy (non-hydrogen) atoms. The lowest BCUT2D eigenvalue weighted by molar-refractivity contribution is -0.143. The summed E-state index contributed by atoms with van der Waals surface area (Å²) in [6.45, 7) is 1.95. The average Bonchev–Trinajstić information content (AvgIpc) is 3.02. The molecule has 2 N–H and O–H groups in total. The first kappa shape index (κ1) is 20.9. The SMILES string of the molecule is COc1ccc2[nH]c(C)c(CC(=O)OCCCO)c2c1C(=O)c1ccc(Cl)cc1. The lowest BCUT2D eigenvalue weighted by atomic mass is 9.95. The van der Waals surface area contributed by atoms with Crippen molar-refractivity contribution in [2.75, 3.05) is 20.3 Å². The Balaban J connectivity index is 2.09. The van der Waals surface area contributed by atoms with E-state index in [1.165, 1.54) is 7.11 Å². The van der Waals surface area contributed by atoms with Gasteiger partial charge in [0, 0.05) is 40.2 Å². The number of hydrogen-bond acceptors (Lipinski definition) is 5. The van der Waals surface area contributed by atoms with Crippen molar-refractivity contribution in [2.45, 2.75) is 19.8 Å². The van der Waals surface area contributed by atoms with Crippen LogP contribution in [0.2, 0.25) is 5.02 Å². The highest BCUT2D eigenvalue weighted by Crippen LogP contribution is 2.34. The number of carbonyl (C=O) groups excluding carboxylic acids is 2. The molecule has 0 bridgehead atoms. The molecular formula is C22H22ClNO5. The topological polar surface area (TPSA) is 88.6 Å². The van der Waals surface area contributed by atoms with E-state index in [1.54, 1.807) is 30.3 Å². The Morgan fingerprint density at radius 1 is 1.14 bits per heavy atom. The largest absolute Gasteiger partial charge is 0.496 e. The minimum absolute atomic E-state index is 0.00529. The average molecular weight is 416 g/mol. The zero-order chi connectivity index (χ0) is 21.0. The van der Waals surface area contributed by atoms with Crippen molar-refractivity contribution in [3.05, 3.63) is 63.8 Å². The van der Waals surface area contributed by atoms with Gasteiger partial charge in [0.1, 0.15) is 5.75 Å². The lowest BCUT2D eigenvalue weighted by Crippen LogP contribution is -2.11. The van der Waals surface area contributed by atoms with Crippen molar-refractivity contribution < 1.29 is 24.2 Å². The van der Waals surface area contributed by atoms with Gasteiger partial charge in [0.15, 0.2) is 5.78 Å². The summed E-state index contributed by atoms with van der Waals surface area (Å²) in [5.41, 5.74) is 3.05. The Bertz CT molecular complexity index is 1040. The standard InChI is InChI=1S/C22H22ClNO5/c1-13-16(12-19(26)29-11-3-10-25)20-17(24-13)8-9-18(28-2)21(20)22(27)14-4-6-15(23)7-5-14/h4-9,24-25H,3,10-12H2,1-2H3. The number of nitrogens with one attached hydrogen (secondary N) is 1. The van der Waals surface area contributed by atoms with Crippen LogP contribution in [0.1, 0.15) is 33.6 Å². The van der Waals surface area contributed by atoms with E-state index < -0.39 is 5.97 Å². The van der Waals surface area contributed by atoms with Crippen LogP contribution >= 0.6 is 11.6 Å². The van der Waals surface area contributed by atoms with Crippen molar-refractivity contribution >= 4 is 34.3 Å². The van der Waals surface area contributed by atoms with Gasteiger partial charge >= 0.3 is 5.97 Å². The number of halogens is 1. The Labute approximate surface area is 173 Å². The van der Waals surface area contributed by atoms with Crippen LogP contribution in [0.4, 0.5) is 0 Å². The maximum atomic E-state index is 13.3. The summed E-state index contributed by atoms with van der Waals surface area (Å²) in [7, 11) is 1.50. The molecule has 0 atom stereocenters. The van der Waals surface area contributed by atoms with Gasteiger partial charge in [0.2, 0.25) is 0 Å². The first-order chi connectivity index (χ1) is 14.0. The lowest BCUT2D eigenvalue weighted by Gasteiger charge is -2.11. The number of methoxy groups -OCH3 is 1. The Hall–Kier alpha value is -2.83. The van der Waals surface area contributed by atoms with Crippen molar-refractivity contribution in [3.63, 3.8) is 0 Å². The van der Waals surface area contributed by atoms with Gasteiger partial charge in [0.05, 0.1) is 25.7 Å². The van der Waals surface area contributed by atoms with Gasteiger partial charge in [-0.2, -0.15) is 0 Å². The number of hydrogen-bond donors (Lipinski definition) is 2. The van der Waals surface area contributed by atoms with E-state index in [1.807, 2.05) is 13.0 Å². The second-order valence-corrected chi connectivity index (χ2v) is 7.04. The van der Waals surface area contributed by atoms with Gasteiger partial charge in [-0.15, -0.1) is 0 Å². The molecule has 0 saturated carbocycles. The summed E-state index contributed by atoms with van der Waals surface area (Å²) >= 11 is 5.95. The number of rotatable bonds is 8. The number of aliphatic hydroxyl groups excluding tert-OH is 1. The Morgan fingerprint density at radius 3 is 2.52 bits per heavy atom. The highest BCUT2D eigenvalue weighted by molar-refractivity contribution is 6.30. The molecule has 0 unspecified atom stereocenters. The van der Waals surface area contributed by atoms with E-state index in [9.17, 15) is 9.59 Å². The molecule has 0 saturated heterocycles. The van der Waals surface area contributed by atoms with Crippen LogP contribution in [0.5, 0.6) is 5.75 Å². The molecule has 0 radical (unpaired) electrons. The van der Waals surface area contributed by atoms with Crippen LogP contribution in [0.15, 0.2) is 36.4 Å². The fraction of sp³-hybridized carbons (Fsp3) is 0.273. The molecule has 0 amide bonds. The second-order valence-electron chi connectivity index (χ2n) is 6.60. The molecular weight excluding hydrogens is 394 g/mol. The molecule has 3 rings (SSSR count). The zero-order valence-electron chi connectivity index (χ0n) is 16.3. The quantitative estimate of drug-likeness (QED) is 0.331. The van der Waals surface area contributed by atoms with Gasteiger partial charge in [0.25, 0.3) is 0 Å². The summed E-state index contributed by atoms with van der Waals surface area (Å²) < 4.78 is 10.6. The van der Waals surface area contributed by atoms with E-state index in [0.29, 0.717) is 39.3 Å². The van der Waals surface area contributed by atoms with E-state index in [-0.39, 0.29) is 25.4 Å². The van der Waals surface area contributed by atoms with E-state index in [4.69, 9.17) is 26.2 Å². The zero-order valence-corrected chi connectivity index (χ0v) is 17.0. The molecule has 152 valence electrons. The van der Waals surface area contributed by atoms with Gasteiger partial charge in [-0.25, -0.2) is 0 Å². The highest BCUT2D eigenvalue weighted by atomic mass is 35.5. The number of ketones is 1. The molecule has 1 aromatic heterocycles. The van der Waals surface area contributed by atoms with Crippen LogP contribution in [0.3, 0.4) is 0 Å². The molecule has 0 fully saturated rings. The monoisotopic (exact) mass is 415 g/mol. The second kappa shape index (κ2) is 9.11. The number of carbonyl (C=O) groups is 2. The van der Waals surface area contributed by atoms with Gasteiger partial charge < -0.3 is 19.6 Å². The summed E-state index contributed by atoms with van der Waals surface area (Å²) in [5.74, 6) is -0.223. The van der Waals surface area contributed by atoms with Crippen molar-refractivity contribution in [1.82, 2.24) is 4.98 Å². The number of aromatic amines is 1. The van der Waals surface area contributed by atoms with Crippen LogP contribution in [-0.2, 0) is 16.0 Å². The minimum Gasteiger partial charge on any atom is -0.496 e. The molecule has 6 nitrogen and oxygen atoms in total. The number of esters is 1. The van der Waals surface area contributed by atoms with E-state index in [2.05, 4.69) is 4.98 Å². The summed E-state index contributed by atoms with van der Waals surface area (Å²) in [6.07, 6.45) is 0.387. The van der Waals surface area contributed by atoms with Crippen LogP contribution in [-0.4, -0.2) is 42.2 Å². The van der Waals surface area contributed by atoms with E-state index >= 15 is 0 Å². The Morgan fingerprint density at radius 2 is 1.86 bits per heavy atom. The van der Waals surface area contributed by atoms with E-state index in [0.717, 1.165) is 11.2 Å². The smallest absolute Gasteiger partial charge is 0.310 e. The molecule has 0 aliphatic heterocycles. The van der Waals surface area contributed by atoms with Gasteiger partial charge in [-0.05, 0) is 48.9 Å². The number of aliphatic hydroxyl groups is 1. The van der Waals surface area contributed by atoms with Gasteiger partial charge in [-0.3, -0.25) is 9.59 Å². The summed E-state index contributed by atoms with van der Waals surface area (Å²) in [4.78, 5) is 28.8. The molecule has 2 aromatic carbocycles. The molecule has 0 aliphatic carbocycles. The predicted octanol–water partition coefficient (Wildman–Crippen LogP) is 3.84. The maximum Gasteiger partial charge on any atom is 0.310 e. The molecule has 1 heterocycles. The Kier molecular flexibility index (Phi) is 6.56. The van der Waals surface area contributed by atoms with Crippen LogP contribution in [0.25, 0.3) is 10.9 Å². The van der Waals surface area contributed by atoms with Crippen molar-refractivity contribution in [1.29, 1.82) is 0 Å². The predicted molar refractivity (Wildman–Crippen MR) is 111 cm³/mol. The maximum absolute atomic E-state index is 13.3. The number of ether oxygens (including phenoxy) is 2. The van der Waals surface area contributed by atoms with Crippen molar-refractivity contribution in [3.8, 4) is 5.75 Å². The fourth-order valence-electron chi connectivity index (χ4n) is 3.27. The van der Waals surface area contributed by atoms with Gasteiger partial charge in [-0.1, -0.05) is 11.6 Å². The first-order valence-corrected chi connectivity index (χ1v) is 9.59. The first-order valence-electron chi connectivity index (χ1n) is 9.21. The number of aryl methyl sites for hydroxylation is 1. The number of aromatic nitrogens is 1. The number of H-pyrrole nitrogens is 1. The van der Waals surface area contributed by atoms with Crippen molar-refractivity contribution in [2.24, 2.45) is 0 Å². The molecule has 3 aromatic rings. The molecule has 0 aliphatic rings. The fourth-order valence-corrected chi connectivity index (χ4v) is 3.40. The number of fused-ring (bicyclic) bond motifs is 1. The van der Waals surface area contributed by atoms with Crippen LogP contribution in [0, 0.1) is 6.92 Å². The summed E-state index contributed by atoms with van der Waals surface area (Å²) in [6, 6.07) is 10.2. The highest BCUT2D eigenvalue weighted by Gasteiger charge is 2.24.